The van der Waals surface area contributed by atoms with Crippen molar-refractivity contribution in [2.24, 2.45) is 0 Å². The summed E-state index contributed by atoms with van der Waals surface area (Å²) in [4.78, 5) is 7.15. The lowest BCUT2D eigenvalue weighted by Crippen LogP contribution is -2.40. The number of imidazole rings is 1. The molecular weight excluding hydrogens is 196 g/mol. The molecule has 1 heterocycles. The molecule has 4 nitrogen and oxygen atoms in total. The van der Waals surface area contributed by atoms with E-state index in [1.165, 1.54) is 0 Å². The lowest BCUT2D eigenvalue weighted by molar-refractivity contribution is 0.707. The number of aromatic amines is 1. The van der Waals surface area contributed by atoms with Crippen LogP contribution in [0.25, 0.3) is 0 Å². The van der Waals surface area contributed by atoms with Gasteiger partial charge in [0, 0.05) is 31.4 Å². The molecule has 0 aliphatic heterocycles. The van der Waals surface area contributed by atoms with Crippen molar-refractivity contribution in [1.29, 1.82) is 0 Å². The first-order valence-corrected chi connectivity index (χ1v) is 5.12. The molecule has 0 saturated carbocycles. The van der Waals surface area contributed by atoms with Gasteiger partial charge < -0.3 is 15.6 Å². The van der Waals surface area contributed by atoms with Gasteiger partial charge in [-0.05, 0) is 26.1 Å². The standard InChI is InChI=1S/C9H16N4S/c1-7(2)13-9(14)12-4-3-8-10-5-6-11-8/h5-7H,3-4H2,1-2H3,(H,10,11)(H2,12,13,14). The van der Waals surface area contributed by atoms with E-state index >= 15 is 0 Å². The van der Waals surface area contributed by atoms with Crippen molar-refractivity contribution in [3.63, 3.8) is 0 Å². The fourth-order valence-electron chi connectivity index (χ4n) is 1.04. The normalized spacial score (nSPS) is 10.2. The Bertz CT molecular complexity index is 268. The van der Waals surface area contributed by atoms with Crippen LogP contribution in [0.15, 0.2) is 12.4 Å². The van der Waals surface area contributed by atoms with Crippen LogP contribution < -0.4 is 10.6 Å². The molecule has 0 aromatic carbocycles. The first kappa shape index (κ1) is 11.0. The summed E-state index contributed by atoms with van der Waals surface area (Å²) in [6, 6.07) is 0.374. The van der Waals surface area contributed by atoms with Crippen molar-refractivity contribution in [2.45, 2.75) is 26.3 Å². The van der Waals surface area contributed by atoms with E-state index in [4.69, 9.17) is 12.2 Å². The van der Waals surface area contributed by atoms with Crippen molar-refractivity contribution in [2.75, 3.05) is 6.54 Å². The van der Waals surface area contributed by atoms with Gasteiger partial charge in [0.25, 0.3) is 0 Å². The predicted octanol–water partition coefficient (Wildman–Crippen LogP) is 0.825. The van der Waals surface area contributed by atoms with Gasteiger partial charge in [-0.15, -0.1) is 0 Å². The zero-order valence-electron chi connectivity index (χ0n) is 8.50. The second kappa shape index (κ2) is 5.59. The summed E-state index contributed by atoms with van der Waals surface area (Å²) >= 11 is 5.07. The highest BCUT2D eigenvalue weighted by atomic mass is 32.1. The van der Waals surface area contributed by atoms with Crippen LogP contribution in [0.5, 0.6) is 0 Å². The van der Waals surface area contributed by atoms with Crippen LogP contribution >= 0.6 is 12.2 Å². The molecule has 3 N–H and O–H groups in total. The Morgan fingerprint density at radius 2 is 2.43 bits per heavy atom. The Balaban J connectivity index is 2.12. The largest absolute Gasteiger partial charge is 0.362 e. The zero-order chi connectivity index (χ0) is 10.4. The number of rotatable bonds is 4. The summed E-state index contributed by atoms with van der Waals surface area (Å²) in [5, 5.41) is 6.93. The number of nitrogens with zero attached hydrogens (tertiary/aromatic N) is 1. The van der Waals surface area contributed by atoms with Crippen LogP contribution in [0, 0.1) is 0 Å². The number of hydrogen-bond acceptors (Lipinski definition) is 2. The molecule has 0 amide bonds. The summed E-state index contributed by atoms with van der Waals surface area (Å²) in [6.45, 7) is 4.91. The van der Waals surface area contributed by atoms with E-state index < -0.39 is 0 Å². The van der Waals surface area contributed by atoms with Crippen LogP contribution in [0.3, 0.4) is 0 Å². The van der Waals surface area contributed by atoms with Crippen LogP contribution in [-0.2, 0) is 6.42 Å². The predicted molar refractivity (Wildman–Crippen MR) is 61.2 cm³/mol. The molecule has 1 aromatic heterocycles. The lowest BCUT2D eigenvalue weighted by atomic mass is 10.4. The Kier molecular flexibility index (Phi) is 4.39. The monoisotopic (exact) mass is 212 g/mol. The quantitative estimate of drug-likeness (QED) is 0.647. The van der Waals surface area contributed by atoms with Gasteiger partial charge in [-0.1, -0.05) is 0 Å². The van der Waals surface area contributed by atoms with Gasteiger partial charge in [0.15, 0.2) is 5.11 Å². The molecule has 1 rings (SSSR count). The highest BCUT2D eigenvalue weighted by molar-refractivity contribution is 7.80. The van der Waals surface area contributed by atoms with Gasteiger partial charge in [0.05, 0.1) is 0 Å². The maximum atomic E-state index is 5.07. The third-order valence-electron chi connectivity index (χ3n) is 1.62. The molecule has 0 aliphatic rings. The van der Waals surface area contributed by atoms with E-state index in [-0.39, 0.29) is 0 Å². The number of thiocarbonyl (C=S) groups is 1. The highest BCUT2D eigenvalue weighted by Crippen LogP contribution is 1.88. The summed E-state index contributed by atoms with van der Waals surface area (Å²) in [6.07, 6.45) is 4.42. The minimum absolute atomic E-state index is 0.374. The minimum Gasteiger partial charge on any atom is -0.362 e. The van der Waals surface area contributed by atoms with Crippen molar-refractivity contribution in [3.8, 4) is 0 Å². The third kappa shape index (κ3) is 4.23. The van der Waals surface area contributed by atoms with Gasteiger partial charge in [0.2, 0.25) is 0 Å². The SMILES string of the molecule is CC(C)NC(=S)NCCc1ncc[nH]1. The first-order valence-electron chi connectivity index (χ1n) is 4.71. The molecule has 0 bridgehead atoms. The first-order chi connectivity index (χ1) is 6.68. The topological polar surface area (TPSA) is 52.7 Å². The number of aromatic nitrogens is 2. The van der Waals surface area contributed by atoms with Crippen LogP contribution in [0.2, 0.25) is 0 Å². The molecule has 78 valence electrons. The van der Waals surface area contributed by atoms with Gasteiger partial charge in [0.1, 0.15) is 5.82 Å². The highest BCUT2D eigenvalue weighted by Gasteiger charge is 1.98. The molecule has 1 aromatic rings. The van der Waals surface area contributed by atoms with Gasteiger partial charge in [-0.3, -0.25) is 0 Å². The Labute approximate surface area is 89.5 Å². The molecule has 0 spiro atoms. The van der Waals surface area contributed by atoms with Crippen molar-refractivity contribution in [3.05, 3.63) is 18.2 Å². The van der Waals surface area contributed by atoms with Crippen LogP contribution in [0.1, 0.15) is 19.7 Å². The lowest BCUT2D eigenvalue weighted by Gasteiger charge is -2.12. The fourth-order valence-corrected chi connectivity index (χ4v) is 1.38. The summed E-state index contributed by atoms with van der Waals surface area (Å²) in [5.41, 5.74) is 0. The molecule has 0 unspecified atom stereocenters. The second-order valence-electron chi connectivity index (χ2n) is 3.34. The molecule has 5 heteroatoms. The van der Waals surface area contributed by atoms with Gasteiger partial charge in [-0.25, -0.2) is 4.98 Å². The van der Waals surface area contributed by atoms with Crippen molar-refractivity contribution in [1.82, 2.24) is 20.6 Å². The maximum absolute atomic E-state index is 5.07. The molecule has 0 radical (unpaired) electrons. The van der Waals surface area contributed by atoms with E-state index in [2.05, 4.69) is 34.4 Å². The van der Waals surface area contributed by atoms with E-state index in [0.717, 1.165) is 18.8 Å². The average molecular weight is 212 g/mol. The molecule has 0 atom stereocenters. The van der Waals surface area contributed by atoms with Gasteiger partial charge in [-0.2, -0.15) is 0 Å². The van der Waals surface area contributed by atoms with Gasteiger partial charge >= 0.3 is 0 Å². The van der Waals surface area contributed by atoms with Crippen molar-refractivity contribution < 1.29 is 0 Å². The van der Waals surface area contributed by atoms with Crippen molar-refractivity contribution >= 4 is 17.3 Å². The van der Waals surface area contributed by atoms with E-state index in [1.807, 2.05) is 6.20 Å². The molecule has 0 fully saturated rings. The minimum atomic E-state index is 0.374. The molecule has 0 aliphatic carbocycles. The third-order valence-corrected chi connectivity index (χ3v) is 1.88. The van der Waals surface area contributed by atoms with E-state index in [0.29, 0.717) is 11.2 Å². The van der Waals surface area contributed by atoms with Crippen LogP contribution in [0.4, 0.5) is 0 Å². The van der Waals surface area contributed by atoms with Crippen LogP contribution in [-0.4, -0.2) is 27.7 Å². The Morgan fingerprint density at radius 1 is 1.64 bits per heavy atom. The molecule has 14 heavy (non-hydrogen) atoms. The van der Waals surface area contributed by atoms with E-state index in [1.54, 1.807) is 6.20 Å². The average Bonchev–Trinajstić information content (AvgIpc) is 2.55. The molecular formula is C9H16N4S. The number of hydrogen-bond donors (Lipinski definition) is 3. The Morgan fingerprint density at radius 3 is 3.00 bits per heavy atom. The number of H-pyrrole nitrogens is 1. The fraction of sp³-hybridized carbons (Fsp3) is 0.556. The summed E-state index contributed by atoms with van der Waals surface area (Å²) in [5.74, 6) is 0.977. The second-order valence-corrected chi connectivity index (χ2v) is 3.75. The summed E-state index contributed by atoms with van der Waals surface area (Å²) < 4.78 is 0. The zero-order valence-corrected chi connectivity index (χ0v) is 9.32. The smallest absolute Gasteiger partial charge is 0.166 e. The van der Waals surface area contributed by atoms with E-state index in [9.17, 15) is 0 Å². The number of nitrogens with one attached hydrogen (secondary N) is 3. The summed E-state index contributed by atoms with van der Waals surface area (Å²) in [7, 11) is 0. The molecule has 0 saturated heterocycles. The maximum Gasteiger partial charge on any atom is 0.166 e. The Hall–Kier alpha value is -1.10.